The molecule has 32 heavy (non-hydrogen) atoms. The van der Waals surface area contributed by atoms with Gasteiger partial charge in [-0.15, -0.1) is 0 Å². The molecule has 6 nitrogen and oxygen atoms in total. The summed E-state index contributed by atoms with van der Waals surface area (Å²) in [5, 5.41) is 20.7. The average molecular weight is 437 g/mol. The molecule has 0 bridgehead atoms. The Morgan fingerprint density at radius 2 is 1.03 bits per heavy atom. The summed E-state index contributed by atoms with van der Waals surface area (Å²) in [6, 6.07) is 27.0. The fraction of sp³-hybridized carbons (Fsp3) is 0.308. The van der Waals surface area contributed by atoms with Gasteiger partial charge >= 0.3 is 0 Å². The van der Waals surface area contributed by atoms with Gasteiger partial charge in [0.1, 0.15) is 36.9 Å². The monoisotopic (exact) mass is 436 g/mol. The second kappa shape index (κ2) is 12.0. The first-order valence-corrected chi connectivity index (χ1v) is 10.8. The zero-order chi connectivity index (χ0) is 22.8. The van der Waals surface area contributed by atoms with Crippen molar-refractivity contribution in [2.45, 2.75) is 12.2 Å². The van der Waals surface area contributed by atoms with Gasteiger partial charge in [-0.05, 0) is 36.4 Å². The molecule has 3 rings (SSSR count). The third kappa shape index (κ3) is 7.48. The molecule has 0 spiro atoms. The molecule has 3 aromatic carbocycles. The van der Waals surface area contributed by atoms with Gasteiger partial charge in [-0.25, -0.2) is 0 Å². The van der Waals surface area contributed by atoms with E-state index in [1.54, 1.807) is 6.07 Å². The SMILES string of the molecule is CN(CC(O)COc1cccc(OCC(O)CN(C)c2ccccc2)c1)c1ccccc1. The molecule has 2 atom stereocenters. The first-order chi connectivity index (χ1) is 15.5. The van der Waals surface area contributed by atoms with Crippen molar-refractivity contribution in [3.8, 4) is 11.5 Å². The van der Waals surface area contributed by atoms with Crippen molar-refractivity contribution >= 4 is 11.4 Å². The van der Waals surface area contributed by atoms with Gasteiger partial charge < -0.3 is 29.5 Å². The Labute approximate surface area is 190 Å². The number of aliphatic hydroxyl groups is 2. The third-order valence-corrected chi connectivity index (χ3v) is 5.05. The van der Waals surface area contributed by atoms with E-state index in [4.69, 9.17) is 9.47 Å². The molecule has 3 aromatic rings. The first kappa shape index (κ1) is 23.4. The van der Waals surface area contributed by atoms with Crippen LogP contribution in [0.15, 0.2) is 84.9 Å². The lowest BCUT2D eigenvalue weighted by atomic mass is 10.2. The lowest BCUT2D eigenvalue weighted by Crippen LogP contribution is -2.33. The minimum absolute atomic E-state index is 0.172. The minimum Gasteiger partial charge on any atom is -0.491 e. The van der Waals surface area contributed by atoms with Crippen molar-refractivity contribution in [3.63, 3.8) is 0 Å². The molecular formula is C26H32N2O4. The number of benzene rings is 3. The molecule has 0 aliphatic heterocycles. The van der Waals surface area contributed by atoms with E-state index in [1.807, 2.05) is 103 Å². The van der Waals surface area contributed by atoms with E-state index in [-0.39, 0.29) is 13.2 Å². The Morgan fingerprint density at radius 3 is 1.44 bits per heavy atom. The number of para-hydroxylation sites is 2. The lowest BCUT2D eigenvalue weighted by molar-refractivity contribution is 0.109. The van der Waals surface area contributed by atoms with E-state index in [0.717, 1.165) is 11.4 Å². The van der Waals surface area contributed by atoms with Crippen molar-refractivity contribution in [2.75, 3.05) is 50.2 Å². The molecule has 0 heterocycles. The van der Waals surface area contributed by atoms with Gasteiger partial charge in [0, 0.05) is 44.6 Å². The highest BCUT2D eigenvalue weighted by molar-refractivity contribution is 5.45. The van der Waals surface area contributed by atoms with Crippen molar-refractivity contribution in [2.24, 2.45) is 0 Å². The predicted octanol–water partition coefficient (Wildman–Crippen LogP) is 3.44. The Hall–Kier alpha value is -3.22. The Balaban J connectivity index is 1.42. The summed E-state index contributed by atoms with van der Waals surface area (Å²) in [6.07, 6.45) is -1.28. The van der Waals surface area contributed by atoms with Crippen LogP contribution >= 0.6 is 0 Å². The van der Waals surface area contributed by atoms with Crippen LogP contribution in [0.25, 0.3) is 0 Å². The van der Waals surface area contributed by atoms with Gasteiger partial charge in [0.05, 0.1) is 0 Å². The van der Waals surface area contributed by atoms with Gasteiger partial charge in [0.15, 0.2) is 0 Å². The summed E-state index contributed by atoms with van der Waals surface area (Å²) in [7, 11) is 3.88. The average Bonchev–Trinajstić information content (AvgIpc) is 2.83. The number of aliphatic hydroxyl groups excluding tert-OH is 2. The molecule has 0 saturated heterocycles. The van der Waals surface area contributed by atoms with E-state index < -0.39 is 12.2 Å². The minimum atomic E-state index is -0.639. The zero-order valence-corrected chi connectivity index (χ0v) is 18.7. The van der Waals surface area contributed by atoms with Crippen LogP contribution in [0.4, 0.5) is 11.4 Å². The van der Waals surface area contributed by atoms with Crippen LogP contribution in [-0.2, 0) is 0 Å². The highest BCUT2D eigenvalue weighted by Crippen LogP contribution is 2.20. The highest BCUT2D eigenvalue weighted by atomic mass is 16.5. The normalized spacial score (nSPS) is 12.6. The molecule has 170 valence electrons. The molecule has 0 amide bonds. The number of likely N-dealkylation sites (N-methyl/N-ethyl adjacent to an activating group) is 2. The smallest absolute Gasteiger partial charge is 0.123 e. The molecule has 0 fully saturated rings. The summed E-state index contributed by atoms with van der Waals surface area (Å²) in [5.74, 6) is 1.22. The molecule has 2 N–H and O–H groups in total. The van der Waals surface area contributed by atoms with Crippen molar-refractivity contribution in [3.05, 3.63) is 84.9 Å². The summed E-state index contributed by atoms with van der Waals surface area (Å²) >= 11 is 0. The number of rotatable bonds is 12. The van der Waals surface area contributed by atoms with Gasteiger partial charge in [-0.1, -0.05) is 42.5 Å². The lowest BCUT2D eigenvalue weighted by Gasteiger charge is -2.23. The second-order valence-electron chi connectivity index (χ2n) is 7.84. The van der Waals surface area contributed by atoms with E-state index in [9.17, 15) is 10.2 Å². The van der Waals surface area contributed by atoms with Crippen molar-refractivity contribution < 1.29 is 19.7 Å². The van der Waals surface area contributed by atoms with Crippen LogP contribution in [0, 0.1) is 0 Å². The van der Waals surface area contributed by atoms with Crippen LogP contribution in [0.2, 0.25) is 0 Å². The number of anilines is 2. The van der Waals surface area contributed by atoms with Gasteiger partial charge in [0.2, 0.25) is 0 Å². The number of ether oxygens (including phenoxy) is 2. The molecule has 0 aliphatic rings. The molecule has 0 aromatic heterocycles. The van der Waals surface area contributed by atoms with E-state index in [1.165, 1.54) is 0 Å². The fourth-order valence-corrected chi connectivity index (χ4v) is 3.35. The molecule has 0 saturated carbocycles. The van der Waals surface area contributed by atoms with Crippen molar-refractivity contribution in [1.82, 2.24) is 0 Å². The summed E-state index contributed by atoms with van der Waals surface area (Å²) in [6.45, 7) is 1.26. The molecule has 0 radical (unpaired) electrons. The van der Waals surface area contributed by atoms with E-state index in [2.05, 4.69) is 0 Å². The van der Waals surface area contributed by atoms with Crippen LogP contribution < -0.4 is 19.3 Å². The quantitative estimate of drug-likeness (QED) is 0.454. The summed E-state index contributed by atoms with van der Waals surface area (Å²) in [5.41, 5.74) is 2.08. The zero-order valence-electron chi connectivity index (χ0n) is 18.7. The number of nitrogens with zero attached hydrogens (tertiary/aromatic N) is 2. The van der Waals surface area contributed by atoms with Crippen LogP contribution in [0.3, 0.4) is 0 Å². The largest absolute Gasteiger partial charge is 0.491 e. The number of hydrogen-bond donors (Lipinski definition) is 2. The predicted molar refractivity (Wildman–Crippen MR) is 129 cm³/mol. The summed E-state index contributed by atoms with van der Waals surface area (Å²) < 4.78 is 11.5. The Kier molecular flexibility index (Phi) is 8.78. The third-order valence-electron chi connectivity index (χ3n) is 5.05. The maximum Gasteiger partial charge on any atom is 0.123 e. The topological polar surface area (TPSA) is 65.4 Å². The molecule has 2 unspecified atom stereocenters. The standard InChI is InChI=1S/C26H32N2O4/c1-27(21-10-5-3-6-11-21)17-23(29)19-31-25-14-9-15-26(16-25)32-20-24(30)18-28(2)22-12-7-4-8-13-22/h3-16,23-24,29-30H,17-20H2,1-2H3. The first-order valence-electron chi connectivity index (χ1n) is 10.8. The fourth-order valence-electron chi connectivity index (χ4n) is 3.35. The van der Waals surface area contributed by atoms with Crippen LogP contribution in [0.5, 0.6) is 11.5 Å². The maximum absolute atomic E-state index is 10.3. The van der Waals surface area contributed by atoms with E-state index in [0.29, 0.717) is 24.6 Å². The highest BCUT2D eigenvalue weighted by Gasteiger charge is 2.12. The molecular weight excluding hydrogens is 404 g/mol. The maximum atomic E-state index is 10.3. The van der Waals surface area contributed by atoms with Crippen LogP contribution in [0.1, 0.15) is 0 Å². The second-order valence-corrected chi connectivity index (χ2v) is 7.84. The molecule has 0 aliphatic carbocycles. The van der Waals surface area contributed by atoms with Crippen molar-refractivity contribution in [1.29, 1.82) is 0 Å². The van der Waals surface area contributed by atoms with E-state index >= 15 is 0 Å². The van der Waals surface area contributed by atoms with Gasteiger partial charge in [0.25, 0.3) is 0 Å². The molecule has 6 heteroatoms. The Bertz CT molecular complexity index is 851. The Morgan fingerprint density at radius 1 is 0.625 bits per heavy atom. The van der Waals surface area contributed by atoms with Crippen LogP contribution in [-0.4, -0.2) is 62.8 Å². The van der Waals surface area contributed by atoms with Gasteiger partial charge in [-0.3, -0.25) is 0 Å². The number of hydrogen-bond acceptors (Lipinski definition) is 6. The van der Waals surface area contributed by atoms with Gasteiger partial charge in [-0.2, -0.15) is 0 Å². The summed E-state index contributed by atoms with van der Waals surface area (Å²) in [4.78, 5) is 3.98.